The number of alkyl halides is 1. The Kier molecular flexibility index (Phi) is 3.29. The van der Waals surface area contributed by atoms with E-state index in [-0.39, 0.29) is 0 Å². The van der Waals surface area contributed by atoms with Gasteiger partial charge in [0.05, 0.1) is 0 Å². The quantitative estimate of drug-likeness (QED) is 0.541. The van der Waals surface area contributed by atoms with E-state index in [0.29, 0.717) is 0 Å². The lowest BCUT2D eigenvalue weighted by molar-refractivity contribution is 1.29. The van der Waals surface area contributed by atoms with Crippen molar-refractivity contribution in [1.29, 1.82) is 0 Å². The van der Waals surface area contributed by atoms with Crippen LogP contribution in [0.4, 0.5) is 0 Å². The number of rotatable bonds is 2. The minimum absolute atomic E-state index is 0.948. The fourth-order valence-corrected chi connectivity index (χ4v) is 2.10. The summed E-state index contributed by atoms with van der Waals surface area (Å²) in [5, 5.41) is 0.948. The van der Waals surface area contributed by atoms with E-state index in [9.17, 15) is 0 Å². The molecule has 0 heterocycles. The topological polar surface area (TPSA) is 0 Å². The molecule has 0 radical (unpaired) electrons. The summed E-state index contributed by atoms with van der Waals surface area (Å²) in [6.07, 6.45) is 2.10. The van der Waals surface area contributed by atoms with E-state index in [1.54, 1.807) is 11.8 Å². The normalized spacial score (nSPS) is 9.80. The Morgan fingerprint density at radius 2 is 2.10 bits per heavy atom. The third kappa shape index (κ3) is 1.77. The van der Waals surface area contributed by atoms with E-state index in [1.165, 1.54) is 10.5 Å². The molecule has 1 aromatic rings. The molecular weight excluding hydrogens is 208 g/mol. The lowest BCUT2D eigenvalue weighted by Gasteiger charge is -2.00. The van der Waals surface area contributed by atoms with Crippen LogP contribution in [-0.2, 0) is 5.33 Å². The van der Waals surface area contributed by atoms with Crippen molar-refractivity contribution in [3.63, 3.8) is 0 Å². The highest BCUT2D eigenvalue weighted by Crippen LogP contribution is 2.21. The number of thioether (sulfide) groups is 1. The second kappa shape index (κ2) is 4.04. The molecule has 0 saturated heterocycles. The molecule has 0 atom stereocenters. The van der Waals surface area contributed by atoms with Crippen molar-refractivity contribution in [2.75, 3.05) is 6.26 Å². The van der Waals surface area contributed by atoms with Crippen LogP contribution in [0.25, 0.3) is 0 Å². The highest BCUT2D eigenvalue weighted by Gasteiger charge is 1.95. The first kappa shape index (κ1) is 8.15. The molecule has 0 aromatic heterocycles. The van der Waals surface area contributed by atoms with Crippen molar-refractivity contribution < 1.29 is 0 Å². The highest BCUT2D eigenvalue weighted by molar-refractivity contribution is 9.08. The van der Waals surface area contributed by atoms with Gasteiger partial charge in [0.15, 0.2) is 0 Å². The van der Waals surface area contributed by atoms with E-state index in [2.05, 4.69) is 46.5 Å². The summed E-state index contributed by atoms with van der Waals surface area (Å²) in [5.74, 6) is 0. The molecule has 0 unspecified atom stereocenters. The molecule has 54 valence electrons. The number of halogens is 1. The summed E-state index contributed by atoms with van der Waals surface area (Å²) < 4.78 is 0. The zero-order chi connectivity index (χ0) is 7.40. The highest BCUT2D eigenvalue weighted by atomic mass is 79.9. The van der Waals surface area contributed by atoms with Crippen molar-refractivity contribution >= 4 is 27.7 Å². The largest absolute Gasteiger partial charge is 0.129 e. The van der Waals surface area contributed by atoms with Crippen LogP contribution in [-0.4, -0.2) is 6.26 Å². The SMILES string of the molecule is CSc1ccccc1CBr. The maximum Gasteiger partial charge on any atom is 0.0294 e. The minimum atomic E-state index is 0.948. The predicted molar refractivity (Wildman–Crippen MR) is 50.9 cm³/mol. The molecule has 1 aromatic carbocycles. The first-order chi connectivity index (χ1) is 4.88. The number of benzene rings is 1. The fraction of sp³-hybridized carbons (Fsp3) is 0.250. The zero-order valence-corrected chi connectivity index (χ0v) is 8.21. The molecule has 0 amide bonds. The van der Waals surface area contributed by atoms with E-state index >= 15 is 0 Å². The van der Waals surface area contributed by atoms with Crippen molar-refractivity contribution in [3.05, 3.63) is 29.8 Å². The molecule has 0 aliphatic heterocycles. The van der Waals surface area contributed by atoms with Gasteiger partial charge in [0.1, 0.15) is 0 Å². The Hall–Kier alpha value is 0.0500. The molecule has 0 N–H and O–H groups in total. The summed E-state index contributed by atoms with van der Waals surface area (Å²) in [6.45, 7) is 0. The van der Waals surface area contributed by atoms with Gasteiger partial charge in [-0.15, -0.1) is 11.8 Å². The maximum atomic E-state index is 3.44. The number of hydrogen-bond acceptors (Lipinski definition) is 1. The van der Waals surface area contributed by atoms with Gasteiger partial charge in [0.2, 0.25) is 0 Å². The van der Waals surface area contributed by atoms with Crippen molar-refractivity contribution in [1.82, 2.24) is 0 Å². The molecule has 2 heteroatoms. The summed E-state index contributed by atoms with van der Waals surface area (Å²) >= 11 is 5.23. The molecule has 0 aliphatic rings. The Labute approximate surface area is 74.2 Å². The average molecular weight is 217 g/mol. The van der Waals surface area contributed by atoms with Gasteiger partial charge in [-0.3, -0.25) is 0 Å². The van der Waals surface area contributed by atoms with Crippen LogP contribution in [0, 0.1) is 0 Å². The summed E-state index contributed by atoms with van der Waals surface area (Å²) in [4.78, 5) is 1.36. The van der Waals surface area contributed by atoms with Crippen LogP contribution in [0.5, 0.6) is 0 Å². The summed E-state index contributed by atoms with van der Waals surface area (Å²) in [6, 6.07) is 8.41. The van der Waals surface area contributed by atoms with Gasteiger partial charge in [-0.05, 0) is 17.9 Å². The molecule has 0 bridgehead atoms. The summed E-state index contributed by atoms with van der Waals surface area (Å²) in [7, 11) is 0. The van der Waals surface area contributed by atoms with Gasteiger partial charge in [0.25, 0.3) is 0 Å². The van der Waals surface area contributed by atoms with E-state index < -0.39 is 0 Å². The molecule has 0 spiro atoms. The average Bonchev–Trinajstić information content (AvgIpc) is 2.04. The van der Waals surface area contributed by atoms with Crippen LogP contribution >= 0.6 is 27.7 Å². The van der Waals surface area contributed by atoms with Crippen LogP contribution < -0.4 is 0 Å². The van der Waals surface area contributed by atoms with Crippen molar-refractivity contribution in [2.24, 2.45) is 0 Å². The molecule has 0 nitrogen and oxygen atoms in total. The van der Waals surface area contributed by atoms with Crippen LogP contribution in [0.2, 0.25) is 0 Å². The first-order valence-corrected chi connectivity index (χ1v) is 5.41. The van der Waals surface area contributed by atoms with Crippen LogP contribution in [0.15, 0.2) is 29.2 Å². The van der Waals surface area contributed by atoms with Gasteiger partial charge in [-0.25, -0.2) is 0 Å². The van der Waals surface area contributed by atoms with Gasteiger partial charge in [0, 0.05) is 10.2 Å². The monoisotopic (exact) mass is 216 g/mol. The van der Waals surface area contributed by atoms with Crippen molar-refractivity contribution in [3.8, 4) is 0 Å². The molecule has 0 saturated carbocycles. The minimum Gasteiger partial charge on any atom is -0.129 e. The second-order valence-corrected chi connectivity index (χ2v) is 3.35. The van der Waals surface area contributed by atoms with Gasteiger partial charge < -0.3 is 0 Å². The van der Waals surface area contributed by atoms with Crippen molar-refractivity contribution in [2.45, 2.75) is 10.2 Å². The van der Waals surface area contributed by atoms with Gasteiger partial charge >= 0.3 is 0 Å². The standard InChI is InChI=1S/C8H9BrS/c1-10-8-5-3-2-4-7(8)6-9/h2-5H,6H2,1H3. The van der Waals surface area contributed by atoms with Gasteiger partial charge in [-0.2, -0.15) is 0 Å². The second-order valence-electron chi connectivity index (χ2n) is 1.95. The van der Waals surface area contributed by atoms with Crippen LogP contribution in [0.3, 0.4) is 0 Å². The molecule has 0 aliphatic carbocycles. The predicted octanol–water partition coefficient (Wildman–Crippen LogP) is 3.30. The Morgan fingerprint density at radius 1 is 1.40 bits per heavy atom. The number of hydrogen-bond donors (Lipinski definition) is 0. The third-order valence-corrected chi connectivity index (χ3v) is 2.78. The summed E-state index contributed by atoms with van der Waals surface area (Å²) in [5.41, 5.74) is 1.37. The Bertz CT molecular complexity index is 187. The molecule has 1 rings (SSSR count). The van der Waals surface area contributed by atoms with Gasteiger partial charge in [-0.1, -0.05) is 34.1 Å². The molecule has 10 heavy (non-hydrogen) atoms. The van der Waals surface area contributed by atoms with E-state index in [0.717, 1.165) is 5.33 Å². The first-order valence-electron chi connectivity index (χ1n) is 3.06. The van der Waals surface area contributed by atoms with Crippen LogP contribution in [0.1, 0.15) is 5.56 Å². The molecular formula is C8H9BrS. The Morgan fingerprint density at radius 3 is 2.60 bits per heavy atom. The van der Waals surface area contributed by atoms with E-state index in [1.807, 2.05) is 0 Å². The zero-order valence-electron chi connectivity index (χ0n) is 5.80. The Balaban J connectivity index is 2.96. The third-order valence-electron chi connectivity index (χ3n) is 1.34. The smallest absolute Gasteiger partial charge is 0.0294 e. The maximum absolute atomic E-state index is 3.44. The van der Waals surface area contributed by atoms with E-state index in [4.69, 9.17) is 0 Å². The fourth-order valence-electron chi connectivity index (χ4n) is 0.813. The molecule has 0 fully saturated rings. The lowest BCUT2D eigenvalue weighted by Crippen LogP contribution is -1.79. The lowest BCUT2D eigenvalue weighted by atomic mass is 10.2.